The number of para-hydroxylation sites is 1. The van der Waals surface area contributed by atoms with E-state index in [1.165, 1.54) is 7.11 Å². The number of halogens is 1. The zero-order valence-electron chi connectivity index (χ0n) is 12.8. The van der Waals surface area contributed by atoms with Crippen molar-refractivity contribution in [3.8, 4) is 5.75 Å². The molecule has 0 atom stereocenters. The molecule has 0 radical (unpaired) electrons. The van der Waals surface area contributed by atoms with Crippen LogP contribution in [0.5, 0.6) is 5.75 Å². The average molecular weight is 378 g/mol. The molecule has 6 heteroatoms. The zero-order chi connectivity index (χ0) is 16.8. The minimum absolute atomic E-state index is 0.288. The molecule has 0 aromatic heterocycles. The van der Waals surface area contributed by atoms with E-state index in [1.54, 1.807) is 42.5 Å². The molecular formula is C17H16BrNO4. The third kappa shape index (κ3) is 4.10. The molecule has 0 aliphatic heterocycles. The smallest absolute Gasteiger partial charge is 0.339 e. The SMILES string of the molecule is CCOc1ccc(Br)cc1C(=O)Nc1ccccc1C(=O)OC. The van der Waals surface area contributed by atoms with E-state index in [2.05, 4.69) is 21.2 Å². The Labute approximate surface area is 142 Å². The fraction of sp³-hybridized carbons (Fsp3) is 0.176. The zero-order valence-corrected chi connectivity index (χ0v) is 14.3. The molecule has 23 heavy (non-hydrogen) atoms. The maximum absolute atomic E-state index is 12.6. The van der Waals surface area contributed by atoms with Crippen LogP contribution >= 0.6 is 15.9 Å². The van der Waals surface area contributed by atoms with Crippen LogP contribution in [0.15, 0.2) is 46.9 Å². The van der Waals surface area contributed by atoms with Gasteiger partial charge in [-0.25, -0.2) is 4.79 Å². The molecule has 0 heterocycles. The van der Waals surface area contributed by atoms with E-state index in [4.69, 9.17) is 9.47 Å². The van der Waals surface area contributed by atoms with Crippen LogP contribution in [0.25, 0.3) is 0 Å². The van der Waals surface area contributed by atoms with E-state index in [0.717, 1.165) is 4.47 Å². The van der Waals surface area contributed by atoms with E-state index in [1.807, 2.05) is 6.92 Å². The molecule has 5 nitrogen and oxygen atoms in total. The van der Waals surface area contributed by atoms with Crippen molar-refractivity contribution in [1.82, 2.24) is 0 Å². The van der Waals surface area contributed by atoms with Gasteiger partial charge in [-0.3, -0.25) is 4.79 Å². The molecule has 0 fully saturated rings. The third-order valence-corrected chi connectivity index (χ3v) is 3.56. The number of benzene rings is 2. The van der Waals surface area contributed by atoms with Crippen LogP contribution in [0, 0.1) is 0 Å². The van der Waals surface area contributed by atoms with Crippen molar-refractivity contribution in [3.05, 3.63) is 58.1 Å². The van der Waals surface area contributed by atoms with Crippen molar-refractivity contribution >= 4 is 33.5 Å². The minimum Gasteiger partial charge on any atom is -0.493 e. The lowest BCUT2D eigenvalue weighted by molar-refractivity contribution is 0.0602. The van der Waals surface area contributed by atoms with Gasteiger partial charge in [0.05, 0.1) is 30.5 Å². The second-order valence-electron chi connectivity index (χ2n) is 4.56. The molecule has 0 saturated carbocycles. The number of ether oxygens (including phenoxy) is 2. The number of hydrogen-bond donors (Lipinski definition) is 1. The van der Waals surface area contributed by atoms with E-state index < -0.39 is 5.97 Å². The Morgan fingerprint density at radius 3 is 2.57 bits per heavy atom. The number of carbonyl (C=O) groups excluding carboxylic acids is 2. The quantitative estimate of drug-likeness (QED) is 0.802. The summed E-state index contributed by atoms with van der Waals surface area (Å²) in [4.78, 5) is 24.3. The Hall–Kier alpha value is -2.34. The van der Waals surface area contributed by atoms with E-state index >= 15 is 0 Å². The van der Waals surface area contributed by atoms with Gasteiger partial charge in [0, 0.05) is 4.47 Å². The van der Waals surface area contributed by atoms with Gasteiger partial charge in [0.2, 0.25) is 0 Å². The summed E-state index contributed by atoms with van der Waals surface area (Å²) >= 11 is 3.34. The Kier molecular flexibility index (Phi) is 5.76. The van der Waals surface area contributed by atoms with Crippen molar-refractivity contribution in [2.24, 2.45) is 0 Å². The number of methoxy groups -OCH3 is 1. The van der Waals surface area contributed by atoms with E-state index in [0.29, 0.717) is 23.6 Å². The predicted octanol–water partition coefficient (Wildman–Crippen LogP) is 3.89. The highest BCUT2D eigenvalue weighted by molar-refractivity contribution is 9.10. The van der Waals surface area contributed by atoms with Gasteiger partial charge in [0.1, 0.15) is 5.75 Å². The summed E-state index contributed by atoms with van der Waals surface area (Å²) in [5, 5.41) is 2.73. The maximum Gasteiger partial charge on any atom is 0.339 e. The Balaban J connectivity index is 2.33. The van der Waals surface area contributed by atoms with Gasteiger partial charge in [-0.2, -0.15) is 0 Å². The van der Waals surface area contributed by atoms with Gasteiger partial charge in [0.25, 0.3) is 5.91 Å². The van der Waals surface area contributed by atoms with E-state index in [-0.39, 0.29) is 11.5 Å². The van der Waals surface area contributed by atoms with Crippen molar-refractivity contribution in [1.29, 1.82) is 0 Å². The number of hydrogen-bond acceptors (Lipinski definition) is 4. The van der Waals surface area contributed by atoms with Crippen LogP contribution in [-0.2, 0) is 4.74 Å². The lowest BCUT2D eigenvalue weighted by Crippen LogP contribution is -2.16. The largest absolute Gasteiger partial charge is 0.493 e. The minimum atomic E-state index is -0.514. The standard InChI is InChI=1S/C17H16BrNO4/c1-3-23-15-9-8-11(18)10-13(15)16(20)19-14-7-5-4-6-12(14)17(21)22-2/h4-10H,3H2,1-2H3,(H,19,20). The fourth-order valence-electron chi connectivity index (χ4n) is 2.03. The lowest BCUT2D eigenvalue weighted by atomic mass is 10.1. The Bertz CT molecular complexity index is 730. The first kappa shape index (κ1) is 17.0. The van der Waals surface area contributed by atoms with E-state index in [9.17, 15) is 9.59 Å². The van der Waals surface area contributed by atoms with Crippen LogP contribution in [0.3, 0.4) is 0 Å². The molecule has 0 spiro atoms. The second-order valence-corrected chi connectivity index (χ2v) is 5.48. The van der Waals surface area contributed by atoms with Crippen molar-refractivity contribution in [2.45, 2.75) is 6.92 Å². The first-order chi connectivity index (χ1) is 11.1. The van der Waals surface area contributed by atoms with Crippen LogP contribution in [0.1, 0.15) is 27.6 Å². The molecule has 0 saturated heterocycles. The molecular weight excluding hydrogens is 362 g/mol. The molecule has 120 valence electrons. The summed E-state index contributed by atoms with van der Waals surface area (Å²) in [6.45, 7) is 2.29. The summed E-state index contributed by atoms with van der Waals surface area (Å²) in [7, 11) is 1.29. The third-order valence-electron chi connectivity index (χ3n) is 3.07. The number of nitrogens with one attached hydrogen (secondary N) is 1. The van der Waals surface area contributed by atoms with Gasteiger partial charge in [0.15, 0.2) is 0 Å². The Morgan fingerprint density at radius 2 is 1.87 bits per heavy atom. The summed E-state index contributed by atoms with van der Waals surface area (Å²) in [6, 6.07) is 11.8. The highest BCUT2D eigenvalue weighted by atomic mass is 79.9. The number of rotatable bonds is 5. The molecule has 0 aliphatic rings. The van der Waals surface area contributed by atoms with Crippen LogP contribution in [0.2, 0.25) is 0 Å². The van der Waals surface area contributed by atoms with Gasteiger partial charge >= 0.3 is 5.97 Å². The number of carbonyl (C=O) groups is 2. The average Bonchev–Trinajstić information content (AvgIpc) is 2.56. The van der Waals surface area contributed by atoms with Crippen LogP contribution in [0.4, 0.5) is 5.69 Å². The van der Waals surface area contributed by atoms with Crippen molar-refractivity contribution < 1.29 is 19.1 Å². The van der Waals surface area contributed by atoms with Crippen molar-refractivity contribution in [2.75, 3.05) is 19.0 Å². The first-order valence-electron chi connectivity index (χ1n) is 6.97. The van der Waals surface area contributed by atoms with Gasteiger partial charge < -0.3 is 14.8 Å². The summed E-state index contributed by atoms with van der Waals surface area (Å²) in [6.07, 6.45) is 0. The number of anilines is 1. The topological polar surface area (TPSA) is 64.6 Å². The summed E-state index contributed by atoms with van der Waals surface area (Å²) in [5.41, 5.74) is 1.05. The summed E-state index contributed by atoms with van der Waals surface area (Å²) in [5.74, 6) is -0.407. The van der Waals surface area contributed by atoms with Crippen LogP contribution < -0.4 is 10.1 Å². The first-order valence-corrected chi connectivity index (χ1v) is 7.77. The fourth-order valence-corrected chi connectivity index (χ4v) is 2.39. The summed E-state index contributed by atoms with van der Waals surface area (Å²) < 4.78 is 11.0. The monoisotopic (exact) mass is 377 g/mol. The maximum atomic E-state index is 12.6. The Morgan fingerprint density at radius 1 is 1.13 bits per heavy atom. The van der Waals surface area contributed by atoms with Crippen LogP contribution in [-0.4, -0.2) is 25.6 Å². The van der Waals surface area contributed by atoms with Crippen molar-refractivity contribution in [3.63, 3.8) is 0 Å². The lowest BCUT2D eigenvalue weighted by Gasteiger charge is -2.13. The normalized spacial score (nSPS) is 10.0. The molecule has 0 bridgehead atoms. The second kappa shape index (κ2) is 7.78. The molecule has 2 aromatic carbocycles. The molecule has 2 rings (SSSR count). The molecule has 2 aromatic rings. The van der Waals surface area contributed by atoms with Gasteiger partial charge in [-0.1, -0.05) is 28.1 Å². The van der Waals surface area contributed by atoms with Gasteiger partial charge in [-0.05, 0) is 37.3 Å². The molecule has 1 N–H and O–H groups in total. The molecule has 1 amide bonds. The number of amides is 1. The predicted molar refractivity (Wildman–Crippen MR) is 91.0 cm³/mol. The molecule has 0 unspecified atom stereocenters. The number of esters is 1. The highest BCUT2D eigenvalue weighted by Crippen LogP contribution is 2.25. The molecule has 0 aliphatic carbocycles. The van der Waals surface area contributed by atoms with Gasteiger partial charge in [-0.15, -0.1) is 0 Å². The highest BCUT2D eigenvalue weighted by Gasteiger charge is 2.17.